The van der Waals surface area contributed by atoms with Crippen molar-refractivity contribution in [2.75, 3.05) is 4.90 Å². The topological polar surface area (TPSA) is 12.5 Å². The van der Waals surface area contributed by atoms with Gasteiger partial charge in [-0.25, -0.2) is 0 Å². The maximum absolute atomic E-state index is 7.52. The van der Waals surface area contributed by atoms with E-state index in [0.717, 1.165) is 45.3 Å². The summed E-state index contributed by atoms with van der Waals surface area (Å²) in [7, 11) is 0. The van der Waals surface area contributed by atoms with Gasteiger partial charge in [-0.2, -0.15) is 0 Å². The van der Waals surface area contributed by atoms with Crippen molar-refractivity contribution in [1.82, 2.24) is 0 Å². The summed E-state index contributed by atoms with van der Waals surface area (Å²) in [6, 6.07) is 79.8. The minimum absolute atomic E-state index is 0.585. The van der Waals surface area contributed by atoms with E-state index in [2.05, 4.69) is 255 Å². The highest BCUT2D eigenvalue weighted by molar-refractivity contribution is 6.00. The molecule has 2 aliphatic carbocycles. The molecule has 0 spiro atoms. The van der Waals surface area contributed by atoms with Gasteiger partial charge in [0.15, 0.2) is 11.5 Å². The smallest absolute Gasteiger partial charge is 0.151 e. The minimum Gasteiger partial charge on any atom is -0.453 e. The minimum atomic E-state index is -0.644. The number of ether oxygens (including phenoxy) is 1. The first-order chi connectivity index (χ1) is 32.2. The molecule has 0 saturated heterocycles. The van der Waals surface area contributed by atoms with Gasteiger partial charge in [-0.1, -0.05) is 219 Å². The maximum Gasteiger partial charge on any atom is 0.151 e. The lowest BCUT2D eigenvalue weighted by molar-refractivity contribution is 0.474. The fourth-order valence-electron chi connectivity index (χ4n) is 11.4. The van der Waals surface area contributed by atoms with E-state index >= 15 is 0 Å². The van der Waals surface area contributed by atoms with E-state index in [-0.39, 0.29) is 0 Å². The van der Waals surface area contributed by atoms with Crippen LogP contribution in [0.5, 0.6) is 11.5 Å². The first-order valence-corrected chi connectivity index (χ1v) is 22.5. The molecule has 2 heteroatoms. The summed E-state index contributed by atoms with van der Waals surface area (Å²) in [6.45, 7) is 6.31. The van der Waals surface area contributed by atoms with Gasteiger partial charge in [-0.05, 0) is 110 Å². The Balaban J connectivity index is 1.19. The third-order valence-corrected chi connectivity index (χ3v) is 13.9. The Hall–Kier alpha value is -8.20. The molecule has 0 amide bonds. The standard InChI is InChI=1S/C63H45NO/c1-3-23-44(24-4-2)62(45-27-11-6-12-28-45)53-36-20-17-34-49(53)51-39-58-60(41-55(51)62)65-61-42-56-52(40-59(61)64(58)57-38-22-19-33-48(57)43-25-9-5-10-26-43)50-35-18-21-37-54(50)63(56,46-29-13-7-14-30-46)47-31-15-8-16-32-47/h3-42H,1H2,2H3/b24-4-,44-23+. The first kappa shape index (κ1) is 38.5. The van der Waals surface area contributed by atoms with E-state index in [4.69, 9.17) is 4.74 Å². The third-order valence-electron chi connectivity index (χ3n) is 13.9. The zero-order valence-electron chi connectivity index (χ0n) is 36.2. The highest BCUT2D eigenvalue weighted by Crippen LogP contribution is 2.64. The second kappa shape index (κ2) is 15.3. The molecule has 0 saturated carbocycles. The van der Waals surface area contributed by atoms with Crippen molar-refractivity contribution in [3.63, 3.8) is 0 Å². The predicted octanol–water partition coefficient (Wildman–Crippen LogP) is 16.3. The second-order valence-corrected chi connectivity index (χ2v) is 17.1. The zero-order valence-corrected chi connectivity index (χ0v) is 36.2. The lowest BCUT2D eigenvalue weighted by Gasteiger charge is -2.38. The molecule has 0 bridgehead atoms. The Labute approximate surface area is 381 Å². The van der Waals surface area contributed by atoms with Crippen LogP contribution in [0.4, 0.5) is 17.1 Å². The zero-order chi connectivity index (χ0) is 43.5. The molecule has 1 unspecified atom stereocenters. The van der Waals surface area contributed by atoms with Crippen molar-refractivity contribution in [3.8, 4) is 44.9 Å². The second-order valence-electron chi connectivity index (χ2n) is 17.1. The molecule has 1 aliphatic heterocycles. The molecular weight excluding hydrogens is 787 g/mol. The van der Waals surface area contributed by atoms with Crippen LogP contribution >= 0.6 is 0 Å². The summed E-state index contributed by atoms with van der Waals surface area (Å²) < 4.78 is 7.52. The van der Waals surface area contributed by atoms with Crippen molar-refractivity contribution in [1.29, 1.82) is 0 Å². The van der Waals surface area contributed by atoms with Gasteiger partial charge in [-0.15, -0.1) is 0 Å². The van der Waals surface area contributed by atoms with Gasteiger partial charge < -0.3 is 9.64 Å². The molecule has 2 nitrogen and oxygen atoms in total. The molecule has 65 heavy (non-hydrogen) atoms. The van der Waals surface area contributed by atoms with E-state index < -0.39 is 10.8 Å². The Bertz CT molecular complexity index is 3330. The Kier molecular flexibility index (Phi) is 9.03. The normalized spacial score (nSPS) is 16.1. The highest BCUT2D eigenvalue weighted by atomic mass is 16.5. The Morgan fingerprint density at radius 2 is 0.923 bits per heavy atom. The molecule has 1 heterocycles. The van der Waals surface area contributed by atoms with Crippen LogP contribution in [0.1, 0.15) is 45.9 Å². The van der Waals surface area contributed by atoms with Crippen LogP contribution in [-0.2, 0) is 10.8 Å². The molecule has 9 aromatic rings. The Morgan fingerprint density at radius 3 is 1.52 bits per heavy atom. The van der Waals surface area contributed by atoms with Gasteiger partial charge in [0.05, 0.1) is 27.9 Å². The molecular formula is C63H45NO. The fraction of sp³-hybridized carbons (Fsp3) is 0.0476. The number of nitrogens with zero attached hydrogens (tertiary/aromatic N) is 1. The molecule has 0 radical (unpaired) electrons. The number of allylic oxidation sites excluding steroid dienone is 5. The van der Waals surface area contributed by atoms with Crippen molar-refractivity contribution in [2.45, 2.75) is 17.8 Å². The largest absolute Gasteiger partial charge is 0.453 e. The number of benzene rings is 9. The van der Waals surface area contributed by atoms with Crippen LogP contribution in [-0.4, -0.2) is 0 Å². The molecule has 0 fully saturated rings. The highest BCUT2D eigenvalue weighted by Gasteiger charge is 2.50. The van der Waals surface area contributed by atoms with Crippen LogP contribution in [0.2, 0.25) is 0 Å². The lowest BCUT2D eigenvalue weighted by atomic mass is 9.67. The summed E-state index contributed by atoms with van der Waals surface area (Å²) >= 11 is 0. The van der Waals surface area contributed by atoms with Gasteiger partial charge in [-0.3, -0.25) is 0 Å². The quantitative estimate of drug-likeness (QED) is 0.141. The van der Waals surface area contributed by atoms with Gasteiger partial charge in [0.1, 0.15) is 0 Å². The molecule has 12 rings (SSSR count). The molecule has 0 N–H and O–H groups in total. The number of anilines is 3. The number of rotatable bonds is 8. The first-order valence-electron chi connectivity index (χ1n) is 22.5. The number of hydrogen-bond donors (Lipinski definition) is 0. The predicted molar refractivity (Wildman–Crippen MR) is 269 cm³/mol. The van der Waals surface area contributed by atoms with E-state index in [1.165, 1.54) is 61.2 Å². The molecule has 1 atom stereocenters. The van der Waals surface area contributed by atoms with Crippen molar-refractivity contribution in [2.24, 2.45) is 0 Å². The Morgan fingerprint density at radius 1 is 0.446 bits per heavy atom. The van der Waals surface area contributed by atoms with E-state index in [9.17, 15) is 0 Å². The monoisotopic (exact) mass is 831 g/mol. The van der Waals surface area contributed by atoms with Gasteiger partial charge in [0, 0.05) is 5.56 Å². The van der Waals surface area contributed by atoms with Crippen LogP contribution < -0.4 is 9.64 Å². The van der Waals surface area contributed by atoms with Crippen LogP contribution in [0.15, 0.2) is 255 Å². The molecule has 3 aliphatic rings. The van der Waals surface area contributed by atoms with Crippen LogP contribution in [0.25, 0.3) is 33.4 Å². The summed E-state index contributed by atoms with van der Waals surface area (Å²) in [5, 5.41) is 0. The summed E-state index contributed by atoms with van der Waals surface area (Å²) in [5.74, 6) is 1.60. The summed E-state index contributed by atoms with van der Waals surface area (Å²) in [4.78, 5) is 2.46. The van der Waals surface area contributed by atoms with Gasteiger partial charge in [0.2, 0.25) is 0 Å². The van der Waals surface area contributed by atoms with Crippen molar-refractivity contribution >= 4 is 17.1 Å². The average molecular weight is 832 g/mol. The number of para-hydroxylation sites is 1. The summed E-state index contributed by atoms with van der Waals surface area (Å²) in [6.07, 6.45) is 8.47. The number of fused-ring (bicyclic) bond motifs is 8. The third kappa shape index (κ3) is 5.54. The van der Waals surface area contributed by atoms with Crippen LogP contribution in [0.3, 0.4) is 0 Å². The average Bonchev–Trinajstić information content (AvgIpc) is 3.82. The molecule has 308 valence electrons. The fourth-order valence-corrected chi connectivity index (χ4v) is 11.4. The number of hydrogen-bond acceptors (Lipinski definition) is 2. The van der Waals surface area contributed by atoms with E-state index in [1.807, 2.05) is 6.08 Å². The van der Waals surface area contributed by atoms with E-state index in [0.29, 0.717) is 0 Å². The summed E-state index contributed by atoms with van der Waals surface area (Å²) in [5.41, 5.74) is 18.5. The van der Waals surface area contributed by atoms with Gasteiger partial charge >= 0.3 is 0 Å². The maximum atomic E-state index is 7.52. The van der Waals surface area contributed by atoms with Gasteiger partial charge in [0.25, 0.3) is 0 Å². The van der Waals surface area contributed by atoms with E-state index in [1.54, 1.807) is 0 Å². The van der Waals surface area contributed by atoms with Crippen LogP contribution in [0, 0.1) is 0 Å². The molecule has 9 aromatic carbocycles. The lowest BCUT2D eigenvalue weighted by Crippen LogP contribution is -2.29. The van der Waals surface area contributed by atoms with Crippen molar-refractivity contribution in [3.05, 3.63) is 294 Å². The SMILES string of the molecule is C=C/C=C(\C=C/C)C1(c2ccccc2)c2ccccc2-c2cc3c(cc21)Oc1cc2c(cc1N3c1ccccc1-c1ccccc1)-c1ccccc1C2(c1ccccc1)c1ccccc1. The van der Waals surface area contributed by atoms with Crippen molar-refractivity contribution < 1.29 is 4.74 Å². The molecule has 0 aromatic heterocycles.